The first kappa shape index (κ1) is 23.1. The van der Waals surface area contributed by atoms with Crippen molar-refractivity contribution in [2.45, 2.75) is 13.3 Å². The van der Waals surface area contributed by atoms with Crippen molar-refractivity contribution < 1.29 is 28.5 Å². The van der Waals surface area contributed by atoms with E-state index in [0.29, 0.717) is 29.4 Å². The number of aromatic nitrogens is 2. The third kappa shape index (κ3) is 4.40. The molecule has 0 N–H and O–H groups in total. The Labute approximate surface area is 190 Å². The molecular formula is C23H23ClN2O6. The fraction of sp³-hybridized carbons (Fsp3) is 0.261. The molecule has 0 aliphatic heterocycles. The standard InChI is InChI=1S/C23H23ClN2O6/c1-5-11-32-18-13-16(24)15(12-17(18)29-2)20-19(22(27)30-3)21(23(28)31-4)26(25-20)14-9-7-6-8-10-14/h6-10,12-13H,5,11H2,1-4H3. The molecule has 8 nitrogen and oxygen atoms in total. The summed E-state index contributed by atoms with van der Waals surface area (Å²) in [7, 11) is 3.94. The number of para-hydroxylation sites is 1. The second-order valence-corrected chi connectivity index (χ2v) is 7.04. The fourth-order valence-corrected chi connectivity index (χ4v) is 3.39. The number of hydrogen-bond acceptors (Lipinski definition) is 7. The Morgan fingerprint density at radius 1 is 1.00 bits per heavy atom. The van der Waals surface area contributed by atoms with Crippen LogP contribution in [0, 0.1) is 0 Å². The number of hydrogen-bond donors (Lipinski definition) is 0. The normalized spacial score (nSPS) is 10.5. The minimum Gasteiger partial charge on any atom is -0.493 e. The molecule has 3 rings (SSSR count). The van der Waals surface area contributed by atoms with Crippen LogP contribution in [0.4, 0.5) is 0 Å². The molecular weight excluding hydrogens is 436 g/mol. The Balaban J connectivity index is 2.32. The smallest absolute Gasteiger partial charge is 0.357 e. The van der Waals surface area contributed by atoms with Gasteiger partial charge < -0.3 is 18.9 Å². The third-order valence-electron chi connectivity index (χ3n) is 4.62. The number of carbonyl (C=O) groups excluding carboxylic acids is 2. The number of methoxy groups -OCH3 is 3. The van der Waals surface area contributed by atoms with Crippen LogP contribution in [0.25, 0.3) is 16.9 Å². The Morgan fingerprint density at radius 3 is 2.28 bits per heavy atom. The van der Waals surface area contributed by atoms with Crippen LogP contribution in [0.5, 0.6) is 11.5 Å². The fourth-order valence-electron chi connectivity index (χ4n) is 3.14. The molecule has 32 heavy (non-hydrogen) atoms. The van der Waals surface area contributed by atoms with Crippen LogP contribution >= 0.6 is 11.6 Å². The van der Waals surface area contributed by atoms with Crippen LogP contribution in [-0.4, -0.2) is 49.7 Å². The number of halogens is 1. The summed E-state index contributed by atoms with van der Waals surface area (Å²) in [5.74, 6) is -0.649. The first-order valence-electron chi connectivity index (χ1n) is 9.82. The molecule has 0 amide bonds. The van der Waals surface area contributed by atoms with E-state index in [-0.39, 0.29) is 22.0 Å². The van der Waals surface area contributed by atoms with Crippen molar-refractivity contribution in [1.29, 1.82) is 0 Å². The van der Waals surface area contributed by atoms with Crippen molar-refractivity contribution in [3.63, 3.8) is 0 Å². The van der Waals surface area contributed by atoms with Gasteiger partial charge in [0.05, 0.1) is 38.6 Å². The van der Waals surface area contributed by atoms with E-state index in [9.17, 15) is 9.59 Å². The lowest BCUT2D eigenvalue weighted by Crippen LogP contribution is -2.15. The monoisotopic (exact) mass is 458 g/mol. The third-order valence-corrected chi connectivity index (χ3v) is 4.94. The van der Waals surface area contributed by atoms with E-state index in [0.717, 1.165) is 6.42 Å². The lowest BCUT2D eigenvalue weighted by Gasteiger charge is -2.13. The maximum Gasteiger partial charge on any atom is 0.357 e. The second-order valence-electron chi connectivity index (χ2n) is 6.63. The quantitative estimate of drug-likeness (QED) is 0.457. The topological polar surface area (TPSA) is 88.9 Å². The van der Waals surface area contributed by atoms with E-state index in [4.69, 9.17) is 30.5 Å². The zero-order valence-electron chi connectivity index (χ0n) is 18.2. The van der Waals surface area contributed by atoms with Gasteiger partial charge in [-0.1, -0.05) is 36.7 Å². The maximum atomic E-state index is 12.8. The highest BCUT2D eigenvalue weighted by Gasteiger charge is 2.32. The van der Waals surface area contributed by atoms with Crippen molar-refractivity contribution in [2.24, 2.45) is 0 Å². The summed E-state index contributed by atoms with van der Waals surface area (Å²) in [4.78, 5) is 25.5. The molecule has 0 aliphatic carbocycles. The van der Waals surface area contributed by atoms with Gasteiger partial charge in [-0.25, -0.2) is 14.3 Å². The molecule has 0 fully saturated rings. The Kier molecular flexibility index (Phi) is 7.37. The molecule has 0 atom stereocenters. The van der Waals surface area contributed by atoms with Gasteiger partial charge >= 0.3 is 11.9 Å². The number of benzene rings is 2. The van der Waals surface area contributed by atoms with E-state index >= 15 is 0 Å². The van der Waals surface area contributed by atoms with E-state index in [1.165, 1.54) is 26.0 Å². The maximum absolute atomic E-state index is 12.8. The molecule has 9 heteroatoms. The average Bonchev–Trinajstić information content (AvgIpc) is 3.22. The molecule has 2 aromatic carbocycles. The van der Waals surface area contributed by atoms with Crippen LogP contribution in [0.15, 0.2) is 42.5 Å². The van der Waals surface area contributed by atoms with Gasteiger partial charge in [-0.3, -0.25) is 0 Å². The summed E-state index contributed by atoms with van der Waals surface area (Å²) < 4.78 is 22.4. The van der Waals surface area contributed by atoms with Gasteiger partial charge in [0, 0.05) is 11.6 Å². The van der Waals surface area contributed by atoms with Gasteiger partial charge in [0.25, 0.3) is 0 Å². The lowest BCUT2D eigenvalue weighted by atomic mass is 10.0. The second kappa shape index (κ2) is 10.2. The van der Waals surface area contributed by atoms with Crippen molar-refractivity contribution in [1.82, 2.24) is 9.78 Å². The molecule has 1 heterocycles. The molecule has 0 spiro atoms. The van der Waals surface area contributed by atoms with Crippen LogP contribution in [0.3, 0.4) is 0 Å². The van der Waals surface area contributed by atoms with E-state index < -0.39 is 11.9 Å². The Hall–Kier alpha value is -3.52. The molecule has 0 radical (unpaired) electrons. The van der Waals surface area contributed by atoms with Crippen molar-refractivity contribution >= 4 is 23.5 Å². The summed E-state index contributed by atoms with van der Waals surface area (Å²) in [6, 6.07) is 12.1. The zero-order chi connectivity index (χ0) is 23.3. The Morgan fingerprint density at radius 2 is 1.69 bits per heavy atom. The molecule has 168 valence electrons. The van der Waals surface area contributed by atoms with Crippen LogP contribution in [0.1, 0.15) is 34.2 Å². The van der Waals surface area contributed by atoms with Gasteiger partial charge in [-0.15, -0.1) is 0 Å². The highest BCUT2D eigenvalue weighted by molar-refractivity contribution is 6.33. The lowest BCUT2D eigenvalue weighted by molar-refractivity contribution is 0.0549. The summed E-state index contributed by atoms with van der Waals surface area (Å²) >= 11 is 6.56. The number of nitrogens with zero attached hydrogens (tertiary/aromatic N) is 2. The molecule has 0 saturated heterocycles. The minimum atomic E-state index is -0.760. The van der Waals surface area contributed by atoms with Gasteiger partial charge in [0.2, 0.25) is 0 Å². The van der Waals surface area contributed by atoms with Gasteiger partial charge in [-0.2, -0.15) is 5.10 Å². The molecule has 3 aromatic rings. The summed E-state index contributed by atoms with van der Waals surface area (Å²) in [6.45, 7) is 2.46. The zero-order valence-corrected chi connectivity index (χ0v) is 18.9. The molecule has 0 aliphatic rings. The molecule has 0 bridgehead atoms. The average molecular weight is 459 g/mol. The number of rotatable bonds is 8. The molecule has 0 unspecified atom stereocenters. The van der Waals surface area contributed by atoms with E-state index in [1.54, 1.807) is 36.4 Å². The Bertz CT molecular complexity index is 1130. The van der Waals surface area contributed by atoms with E-state index in [1.807, 2.05) is 13.0 Å². The van der Waals surface area contributed by atoms with Gasteiger partial charge in [-0.05, 0) is 24.6 Å². The summed E-state index contributed by atoms with van der Waals surface area (Å²) in [5.41, 5.74) is 0.908. The van der Waals surface area contributed by atoms with Crippen molar-refractivity contribution in [2.75, 3.05) is 27.9 Å². The van der Waals surface area contributed by atoms with Crippen LogP contribution in [0.2, 0.25) is 5.02 Å². The van der Waals surface area contributed by atoms with Crippen LogP contribution < -0.4 is 9.47 Å². The molecule has 1 aromatic heterocycles. The summed E-state index contributed by atoms with van der Waals surface area (Å²) in [6.07, 6.45) is 0.805. The highest BCUT2D eigenvalue weighted by atomic mass is 35.5. The predicted molar refractivity (Wildman–Crippen MR) is 119 cm³/mol. The number of carbonyl (C=O) groups is 2. The minimum absolute atomic E-state index is 0.0746. The first-order valence-corrected chi connectivity index (χ1v) is 10.2. The van der Waals surface area contributed by atoms with Crippen molar-refractivity contribution in [3.8, 4) is 28.4 Å². The first-order chi connectivity index (χ1) is 15.5. The number of ether oxygens (including phenoxy) is 4. The number of esters is 2. The van der Waals surface area contributed by atoms with Crippen molar-refractivity contribution in [3.05, 3.63) is 58.7 Å². The van der Waals surface area contributed by atoms with Gasteiger partial charge in [0.15, 0.2) is 17.2 Å². The largest absolute Gasteiger partial charge is 0.493 e. The van der Waals surface area contributed by atoms with E-state index in [2.05, 4.69) is 5.10 Å². The highest BCUT2D eigenvalue weighted by Crippen LogP contribution is 2.40. The predicted octanol–water partition coefficient (Wildman–Crippen LogP) is 4.56. The van der Waals surface area contributed by atoms with Gasteiger partial charge in [0.1, 0.15) is 11.3 Å². The SMILES string of the molecule is CCCOc1cc(Cl)c(-c2nn(-c3ccccc3)c(C(=O)OC)c2C(=O)OC)cc1OC. The molecule has 0 saturated carbocycles. The van der Waals surface area contributed by atoms with Crippen LogP contribution in [-0.2, 0) is 9.47 Å². The summed E-state index contributed by atoms with van der Waals surface area (Å²) in [5, 5.41) is 4.81.